The summed E-state index contributed by atoms with van der Waals surface area (Å²) in [7, 11) is 0. The number of halogens is 1. The lowest BCUT2D eigenvalue weighted by Gasteiger charge is -2.10. The van der Waals surface area contributed by atoms with Crippen molar-refractivity contribution in [3.8, 4) is 11.5 Å². The fraction of sp³-hybridized carbons (Fsp3) is 0.214. The van der Waals surface area contributed by atoms with Gasteiger partial charge in [-0.3, -0.25) is 15.1 Å². The quantitative estimate of drug-likeness (QED) is 0.650. The number of hydrogen-bond acceptors (Lipinski definition) is 5. The molecule has 0 aliphatic rings. The van der Waals surface area contributed by atoms with Crippen molar-refractivity contribution < 1.29 is 9.66 Å². The number of pyridine rings is 1. The number of aromatic nitrogens is 1. The summed E-state index contributed by atoms with van der Waals surface area (Å²) < 4.78 is 6.14. The van der Waals surface area contributed by atoms with E-state index >= 15 is 0 Å². The van der Waals surface area contributed by atoms with Crippen LogP contribution in [0.4, 0.5) is 5.69 Å². The van der Waals surface area contributed by atoms with Gasteiger partial charge in [0, 0.05) is 16.6 Å². The van der Waals surface area contributed by atoms with Crippen LogP contribution >= 0.6 is 15.9 Å². The van der Waals surface area contributed by atoms with Crippen LogP contribution in [0, 0.1) is 10.1 Å². The molecule has 0 aliphatic carbocycles. The summed E-state index contributed by atoms with van der Waals surface area (Å²) in [6.45, 7) is 1.97. The molecule has 0 unspecified atom stereocenters. The fourth-order valence-corrected chi connectivity index (χ4v) is 2.08. The van der Waals surface area contributed by atoms with Crippen LogP contribution in [-0.2, 0) is 0 Å². The molecule has 2 aromatic rings. The van der Waals surface area contributed by atoms with Crippen molar-refractivity contribution in [2.24, 2.45) is 5.73 Å². The van der Waals surface area contributed by atoms with Crippen LogP contribution in [0.15, 0.2) is 41.0 Å². The first kappa shape index (κ1) is 15.4. The van der Waals surface area contributed by atoms with E-state index in [1.54, 1.807) is 18.2 Å². The van der Waals surface area contributed by atoms with Crippen LogP contribution in [-0.4, -0.2) is 9.91 Å². The van der Waals surface area contributed by atoms with Crippen molar-refractivity contribution in [2.75, 3.05) is 0 Å². The van der Waals surface area contributed by atoms with Gasteiger partial charge in [-0.15, -0.1) is 0 Å². The zero-order valence-corrected chi connectivity index (χ0v) is 12.9. The Kier molecular flexibility index (Phi) is 4.87. The number of nitro benzene ring substituents is 1. The third-order valence-electron chi connectivity index (χ3n) is 2.92. The first-order valence-electron chi connectivity index (χ1n) is 6.34. The Bertz CT molecular complexity index is 646. The molecule has 0 fully saturated rings. The summed E-state index contributed by atoms with van der Waals surface area (Å²) in [6.07, 6.45) is 2.29. The molecule has 6 nitrogen and oxygen atoms in total. The fourth-order valence-electron chi connectivity index (χ4n) is 1.73. The molecule has 7 heteroatoms. The lowest BCUT2D eigenvalue weighted by Crippen LogP contribution is -2.10. The van der Waals surface area contributed by atoms with Crippen LogP contribution in [0.25, 0.3) is 0 Å². The van der Waals surface area contributed by atoms with E-state index in [1.807, 2.05) is 6.92 Å². The molecule has 2 rings (SSSR count). The van der Waals surface area contributed by atoms with E-state index in [4.69, 9.17) is 10.5 Å². The van der Waals surface area contributed by atoms with Crippen molar-refractivity contribution >= 4 is 21.6 Å². The Labute approximate surface area is 130 Å². The topological polar surface area (TPSA) is 91.3 Å². The number of nitrogens with two attached hydrogens (primary N) is 1. The van der Waals surface area contributed by atoms with Crippen LogP contribution in [0.1, 0.15) is 25.1 Å². The molecule has 0 radical (unpaired) electrons. The smallest absolute Gasteiger partial charge is 0.312 e. The van der Waals surface area contributed by atoms with E-state index < -0.39 is 4.92 Å². The van der Waals surface area contributed by atoms with Gasteiger partial charge in [-0.2, -0.15) is 0 Å². The molecule has 2 N–H and O–H groups in total. The van der Waals surface area contributed by atoms with Crippen LogP contribution in [0.2, 0.25) is 0 Å². The molecule has 0 saturated carbocycles. The second-order valence-electron chi connectivity index (χ2n) is 4.40. The number of hydrogen-bond donors (Lipinski definition) is 1. The molecule has 1 atom stereocenters. The van der Waals surface area contributed by atoms with E-state index in [-0.39, 0.29) is 17.5 Å². The third-order valence-corrected chi connectivity index (χ3v) is 3.42. The van der Waals surface area contributed by atoms with Gasteiger partial charge >= 0.3 is 5.69 Å². The summed E-state index contributed by atoms with van der Waals surface area (Å²) in [5.74, 6) is 0.588. The maximum Gasteiger partial charge on any atom is 0.312 e. The van der Waals surface area contributed by atoms with Gasteiger partial charge < -0.3 is 10.5 Å². The standard InChI is InChI=1S/C14H14BrN3O3/c1-2-11(16)12-5-4-10(8-17-12)21-14-6-3-9(15)7-13(14)18(19)20/h3-8,11H,2,16H2,1H3/t11-/m1/s1. The minimum atomic E-state index is -0.491. The minimum absolute atomic E-state index is 0.112. The van der Waals surface area contributed by atoms with Gasteiger partial charge in [0.15, 0.2) is 0 Å². The lowest BCUT2D eigenvalue weighted by molar-refractivity contribution is -0.385. The molecule has 0 aliphatic heterocycles. The highest BCUT2D eigenvalue weighted by molar-refractivity contribution is 9.10. The van der Waals surface area contributed by atoms with Crippen LogP contribution in [0.5, 0.6) is 11.5 Å². The molecular formula is C14H14BrN3O3. The molecule has 0 bridgehead atoms. The van der Waals surface area contributed by atoms with Gasteiger partial charge in [0.2, 0.25) is 5.75 Å². The molecule has 1 aromatic carbocycles. The molecule has 0 saturated heterocycles. The van der Waals surface area contributed by atoms with Crippen molar-refractivity contribution in [2.45, 2.75) is 19.4 Å². The summed E-state index contributed by atoms with van der Waals surface area (Å²) in [5.41, 5.74) is 6.53. The van der Waals surface area contributed by atoms with Crippen molar-refractivity contribution in [1.29, 1.82) is 0 Å². The number of ether oxygens (including phenoxy) is 1. The summed E-state index contributed by atoms with van der Waals surface area (Å²) in [5, 5.41) is 11.0. The summed E-state index contributed by atoms with van der Waals surface area (Å²) >= 11 is 3.20. The van der Waals surface area contributed by atoms with Gasteiger partial charge in [0.1, 0.15) is 5.75 Å². The van der Waals surface area contributed by atoms with Crippen LogP contribution < -0.4 is 10.5 Å². The Balaban J connectivity index is 2.24. The summed E-state index contributed by atoms with van der Waals surface area (Å²) in [4.78, 5) is 14.7. The molecule has 1 heterocycles. The molecule has 110 valence electrons. The van der Waals surface area contributed by atoms with Gasteiger partial charge in [-0.25, -0.2) is 0 Å². The maximum atomic E-state index is 11.0. The van der Waals surface area contributed by atoms with E-state index in [9.17, 15) is 10.1 Å². The van der Waals surface area contributed by atoms with Crippen molar-refractivity contribution in [1.82, 2.24) is 4.98 Å². The average Bonchev–Trinajstić information content (AvgIpc) is 2.49. The van der Waals surface area contributed by atoms with Crippen LogP contribution in [0.3, 0.4) is 0 Å². The maximum absolute atomic E-state index is 11.0. The van der Waals surface area contributed by atoms with Gasteiger partial charge in [0.25, 0.3) is 0 Å². The minimum Gasteiger partial charge on any atom is -0.449 e. The highest BCUT2D eigenvalue weighted by Gasteiger charge is 2.16. The zero-order valence-electron chi connectivity index (χ0n) is 11.3. The number of nitro groups is 1. The third kappa shape index (κ3) is 3.77. The Morgan fingerprint density at radius 2 is 2.19 bits per heavy atom. The largest absolute Gasteiger partial charge is 0.449 e. The monoisotopic (exact) mass is 351 g/mol. The molecular weight excluding hydrogens is 338 g/mol. The van der Waals surface area contributed by atoms with E-state index in [0.717, 1.165) is 12.1 Å². The Morgan fingerprint density at radius 3 is 2.76 bits per heavy atom. The number of rotatable bonds is 5. The highest BCUT2D eigenvalue weighted by atomic mass is 79.9. The SMILES string of the molecule is CC[C@@H](N)c1ccc(Oc2ccc(Br)cc2[N+](=O)[O-])cn1. The number of nitrogens with zero attached hydrogens (tertiary/aromatic N) is 2. The second-order valence-corrected chi connectivity index (χ2v) is 5.32. The van der Waals surface area contributed by atoms with E-state index in [0.29, 0.717) is 10.2 Å². The predicted molar refractivity (Wildman–Crippen MR) is 82.3 cm³/mol. The Hall–Kier alpha value is -1.99. The summed E-state index contributed by atoms with van der Waals surface area (Å²) in [6, 6.07) is 7.94. The molecule has 0 spiro atoms. The lowest BCUT2D eigenvalue weighted by atomic mass is 10.1. The average molecular weight is 352 g/mol. The predicted octanol–water partition coefficient (Wildman–Crippen LogP) is 3.95. The van der Waals surface area contributed by atoms with E-state index in [2.05, 4.69) is 20.9 Å². The van der Waals surface area contributed by atoms with Crippen molar-refractivity contribution in [3.63, 3.8) is 0 Å². The second kappa shape index (κ2) is 6.64. The zero-order chi connectivity index (χ0) is 15.4. The first-order valence-corrected chi connectivity index (χ1v) is 7.14. The number of benzene rings is 1. The van der Waals surface area contributed by atoms with Gasteiger partial charge in [-0.05, 0) is 30.7 Å². The first-order chi connectivity index (χ1) is 10.0. The molecule has 1 aromatic heterocycles. The highest BCUT2D eigenvalue weighted by Crippen LogP contribution is 2.33. The van der Waals surface area contributed by atoms with E-state index in [1.165, 1.54) is 18.3 Å². The van der Waals surface area contributed by atoms with Gasteiger partial charge in [-0.1, -0.05) is 22.9 Å². The molecule has 0 amide bonds. The molecule has 21 heavy (non-hydrogen) atoms. The van der Waals surface area contributed by atoms with Gasteiger partial charge in [0.05, 0.1) is 16.8 Å². The van der Waals surface area contributed by atoms with Crippen molar-refractivity contribution in [3.05, 3.63) is 56.8 Å². The normalized spacial score (nSPS) is 12.0. The Morgan fingerprint density at radius 1 is 1.43 bits per heavy atom.